The quantitative estimate of drug-likeness (QED) is 0.375. The minimum atomic E-state index is -1.36. The number of amides is 1. The molecule has 0 bridgehead atoms. The van der Waals surface area contributed by atoms with Gasteiger partial charge in [-0.15, -0.1) is 0 Å². The van der Waals surface area contributed by atoms with Gasteiger partial charge >= 0.3 is 5.97 Å². The lowest BCUT2D eigenvalue weighted by Gasteiger charge is -2.11. The van der Waals surface area contributed by atoms with Crippen molar-refractivity contribution in [3.05, 3.63) is 82.9 Å². The normalized spacial score (nSPS) is 11.0. The van der Waals surface area contributed by atoms with Gasteiger partial charge in [0.1, 0.15) is 23.0 Å². The SMILES string of the molecule is CCCc1cc2oc(-c3ccc(F)cc3)c(C(=O)NC)c2cc1-c1ccc(F)c(C(=O)O)c1. The van der Waals surface area contributed by atoms with Crippen LogP contribution < -0.4 is 5.32 Å². The van der Waals surface area contributed by atoms with E-state index in [1.54, 1.807) is 6.07 Å². The highest BCUT2D eigenvalue weighted by Crippen LogP contribution is 2.38. The number of carboxylic acids is 1. The van der Waals surface area contributed by atoms with Gasteiger partial charge < -0.3 is 14.8 Å². The van der Waals surface area contributed by atoms with E-state index < -0.39 is 23.2 Å². The van der Waals surface area contributed by atoms with E-state index in [9.17, 15) is 23.5 Å². The molecule has 7 heteroatoms. The number of aryl methyl sites for hydroxylation is 1. The van der Waals surface area contributed by atoms with Crippen molar-refractivity contribution in [2.45, 2.75) is 19.8 Å². The van der Waals surface area contributed by atoms with Gasteiger partial charge in [0, 0.05) is 18.0 Å². The lowest BCUT2D eigenvalue weighted by atomic mass is 9.93. The van der Waals surface area contributed by atoms with Crippen LogP contribution in [0.2, 0.25) is 0 Å². The number of hydrogen-bond acceptors (Lipinski definition) is 3. The molecular formula is C26H21F2NO4. The maximum absolute atomic E-state index is 14.0. The second kappa shape index (κ2) is 8.86. The van der Waals surface area contributed by atoms with Gasteiger partial charge in [-0.1, -0.05) is 19.4 Å². The zero-order valence-electron chi connectivity index (χ0n) is 18.0. The van der Waals surface area contributed by atoms with Crippen LogP contribution in [0, 0.1) is 11.6 Å². The highest BCUT2D eigenvalue weighted by atomic mass is 19.1. The first-order valence-corrected chi connectivity index (χ1v) is 10.4. The van der Waals surface area contributed by atoms with Crippen molar-refractivity contribution < 1.29 is 27.9 Å². The molecule has 0 aliphatic heterocycles. The predicted octanol–water partition coefficient (Wildman–Crippen LogP) is 6.06. The molecule has 0 spiro atoms. The van der Waals surface area contributed by atoms with Gasteiger partial charge in [0.15, 0.2) is 0 Å². The van der Waals surface area contributed by atoms with Crippen molar-refractivity contribution in [1.82, 2.24) is 5.32 Å². The van der Waals surface area contributed by atoms with E-state index in [4.69, 9.17) is 4.42 Å². The number of fused-ring (bicyclic) bond motifs is 1. The molecule has 4 aromatic rings. The van der Waals surface area contributed by atoms with Gasteiger partial charge in [-0.25, -0.2) is 13.6 Å². The van der Waals surface area contributed by atoms with Crippen molar-refractivity contribution in [3.8, 4) is 22.5 Å². The average molecular weight is 449 g/mol. The van der Waals surface area contributed by atoms with Gasteiger partial charge in [0.25, 0.3) is 5.91 Å². The van der Waals surface area contributed by atoms with Crippen LogP contribution in [0.15, 0.2) is 59.0 Å². The fourth-order valence-corrected chi connectivity index (χ4v) is 3.94. The van der Waals surface area contributed by atoms with Crippen LogP contribution in [0.25, 0.3) is 33.4 Å². The zero-order chi connectivity index (χ0) is 23.7. The Bertz CT molecular complexity index is 1370. The van der Waals surface area contributed by atoms with Crippen LogP contribution in [0.1, 0.15) is 39.6 Å². The molecule has 0 atom stereocenters. The van der Waals surface area contributed by atoms with E-state index in [0.29, 0.717) is 39.8 Å². The lowest BCUT2D eigenvalue weighted by Crippen LogP contribution is -2.18. The number of aromatic carboxylic acids is 1. The molecule has 0 fully saturated rings. The monoisotopic (exact) mass is 449 g/mol. The molecule has 0 saturated carbocycles. The average Bonchev–Trinajstić information content (AvgIpc) is 3.17. The molecule has 0 aliphatic rings. The van der Waals surface area contributed by atoms with Gasteiger partial charge in [-0.3, -0.25) is 4.79 Å². The number of carbonyl (C=O) groups is 2. The highest BCUT2D eigenvalue weighted by Gasteiger charge is 2.24. The second-order valence-electron chi connectivity index (χ2n) is 7.65. The largest absolute Gasteiger partial charge is 0.478 e. The summed E-state index contributed by atoms with van der Waals surface area (Å²) in [5, 5.41) is 12.5. The summed E-state index contributed by atoms with van der Waals surface area (Å²) in [6, 6.07) is 13.2. The van der Waals surface area contributed by atoms with Crippen molar-refractivity contribution in [2.24, 2.45) is 0 Å². The number of furan rings is 1. The van der Waals surface area contributed by atoms with Crippen LogP contribution in [-0.2, 0) is 6.42 Å². The smallest absolute Gasteiger partial charge is 0.338 e. The van der Waals surface area contributed by atoms with E-state index in [1.165, 1.54) is 43.4 Å². The lowest BCUT2D eigenvalue weighted by molar-refractivity contribution is 0.0691. The maximum atomic E-state index is 14.0. The molecule has 3 aromatic carbocycles. The summed E-state index contributed by atoms with van der Waals surface area (Å²) in [6.45, 7) is 2.00. The minimum Gasteiger partial charge on any atom is -0.478 e. The van der Waals surface area contributed by atoms with Crippen LogP contribution >= 0.6 is 0 Å². The number of halogens is 2. The molecule has 0 saturated heterocycles. The molecule has 0 aliphatic carbocycles. The standard InChI is InChI=1S/C26H21F2NO4/c1-3-4-15-12-22-20(13-18(15)16-7-10-21(28)19(11-16)26(31)32)23(25(30)29-2)24(33-22)14-5-8-17(27)9-6-14/h5-13H,3-4H2,1-2H3,(H,29,30)(H,31,32). The third-order valence-corrected chi connectivity index (χ3v) is 5.50. The zero-order valence-corrected chi connectivity index (χ0v) is 18.0. The maximum Gasteiger partial charge on any atom is 0.338 e. The third-order valence-electron chi connectivity index (χ3n) is 5.50. The summed E-state index contributed by atoms with van der Waals surface area (Å²) in [6.07, 6.45) is 1.46. The first-order valence-electron chi connectivity index (χ1n) is 10.4. The summed E-state index contributed by atoms with van der Waals surface area (Å²) in [5.41, 5.74) is 2.94. The Morgan fingerprint density at radius 3 is 2.33 bits per heavy atom. The Balaban J connectivity index is 2.01. The third kappa shape index (κ3) is 4.09. The number of hydrogen-bond donors (Lipinski definition) is 2. The van der Waals surface area contributed by atoms with Gasteiger partial charge in [0.05, 0.1) is 11.1 Å². The molecule has 1 amide bonds. The first kappa shape index (κ1) is 22.2. The molecule has 0 unspecified atom stereocenters. The van der Waals surface area contributed by atoms with Gasteiger partial charge in [-0.2, -0.15) is 0 Å². The fourth-order valence-electron chi connectivity index (χ4n) is 3.94. The number of carboxylic acid groups (broad SMARTS) is 1. The topological polar surface area (TPSA) is 79.5 Å². The summed E-state index contributed by atoms with van der Waals surface area (Å²) >= 11 is 0. The molecule has 1 aromatic heterocycles. The van der Waals surface area contributed by atoms with Crippen LogP contribution in [0.5, 0.6) is 0 Å². The van der Waals surface area contributed by atoms with E-state index in [0.717, 1.165) is 18.1 Å². The molecule has 2 N–H and O–H groups in total. The second-order valence-corrected chi connectivity index (χ2v) is 7.65. The Kier molecular flexibility index (Phi) is 5.96. The molecule has 4 rings (SSSR count). The van der Waals surface area contributed by atoms with Crippen molar-refractivity contribution in [2.75, 3.05) is 7.05 Å². The molecule has 0 radical (unpaired) electrons. The van der Waals surface area contributed by atoms with Crippen LogP contribution in [0.4, 0.5) is 8.78 Å². The van der Waals surface area contributed by atoms with E-state index >= 15 is 0 Å². The molecule has 33 heavy (non-hydrogen) atoms. The number of nitrogens with one attached hydrogen (secondary N) is 1. The summed E-state index contributed by atoms with van der Waals surface area (Å²) in [5.74, 6) is -2.67. The van der Waals surface area contributed by atoms with E-state index in [1.807, 2.05) is 13.0 Å². The van der Waals surface area contributed by atoms with Crippen molar-refractivity contribution >= 4 is 22.8 Å². The van der Waals surface area contributed by atoms with Crippen molar-refractivity contribution in [1.29, 1.82) is 0 Å². The van der Waals surface area contributed by atoms with Crippen molar-refractivity contribution in [3.63, 3.8) is 0 Å². The highest BCUT2D eigenvalue weighted by molar-refractivity contribution is 6.12. The number of carbonyl (C=O) groups excluding carboxylic acids is 1. The first-order chi connectivity index (χ1) is 15.8. The Hall–Kier alpha value is -4.00. The molecule has 5 nitrogen and oxygen atoms in total. The molecule has 1 heterocycles. The Morgan fingerprint density at radius 1 is 1.00 bits per heavy atom. The summed E-state index contributed by atoms with van der Waals surface area (Å²) in [4.78, 5) is 24.3. The minimum absolute atomic E-state index is 0.281. The summed E-state index contributed by atoms with van der Waals surface area (Å²) < 4.78 is 33.5. The van der Waals surface area contributed by atoms with Gasteiger partial charge in [-0.05, 0) is 71.6 Å². The number of benzene rings is 3. The predicted molar refractivity (Wildman–Crippen MR) is 121 cm³/mol. The molecular weight excluding hydrogens is 428 g/mol. The van der Waals surface area contributed by atoms with Crippen LogP contribution in [0.3, 0.4) is 0 Å². The van der Waals surface area contributed by atoms with E-state index in [-0.39, 0.29) is 11.5 Å². The summed E-state index contributed by atoms with van der Waals surface area (Å²) in [7, 11) is 1.50. The number of rotatable bonds is 6. The Morgan fingerprint density at radius 2 is 1.70 bits per heavy atom. The molecule has 168 valence electrons. The van der Waals surface area contributed by atoms with E-state index in [2.05, 4.69) is 5.32 Å². The van der Waals surface area contributed by atoms with Gasteiger partial charge in [0.2, 0.25) is 0 Å². The fraction of sp³-hybridized carbons (Fsp3) is 0.154. The Labute approximate surface area is 188 Å². The van der Waals surface area contributed by atoms with Crippen LogP contribution in [-0.4, -0.2) is 24.0 Å².